The summed E-state index contributed by atoms with van der Waals surface area (Å²) < 4.78 is 21.6. The Morgan fingerprint density at radius 3 is 2.46 bits per heavy atom. The van der Waals surface area contributed by atoms with Gasteiger partial charge in [0.05, 0.1) is 37.8 Å². The molecule has 9 nitrogen and oxygen atoms in total. The molecule has 0 saturated carbocycles. The van der Waals surface area contributed by atoms with Crippen LogP contribution in [0.15, 0.2) is 66.9 Å². The van der Waals surface area contributed by atoms with Gasteiger partial charge in [0.1, 0.15) is 6.04 Å². The summed E-state index contributed by atoms with van der Waals surface area (Å²) in [4.78, 5) is 45.5. The average molecular weight is 525 g/mol. The lowest BCUT2D eigenvalue weighted by molar-refractivity contribution is -0.123. The molecule has 39 heavy (non-hydrogen) atoms. The fourth-order valence-corrected chi connectivity index (χ4v) is 6.30. The topological polar surface area (TPSA) is 94.6 Å². The number of ether oxygens (including phenoxy) is 4. The van der Waals surface area contributed by atoms with E-state index in [0.717, 1.165) is 11.1 Å². The third-order valence-corrected chi connectivity index (χ3v) is 8.01. The highest BCUT2D eigenvalue weighted by Crippen LogP contribution is 2.54. The van der Waals surface area contributed by atoms with Gasteiger partial charge in [-0.05, 0) is 47.5 Å². The lowest BCUT2D eigenvalue weighted by Gasteiger charge is -2.35. The van der Waals surface area contributed by atoms with Crippen molar-refractivity contribution >= 4 is 29.4 Å². The molecule has 3 aromatic rings. The largest absolute Gasteiger partial charge is 0.493 e. The van der Waals surface area contributed by atoms with E-state index in [1.54, 1.807) is 36.4 Å². The Morgan fingerprint density at radius 2 is 1.64 bits per heavy atom. The maximum atomic E-state index is 14.2. The predicted molar refractivity (Wildman–Crippen MR) is 140 cm³/mol. The molecule has 0 spiro atoms. The third-order valence-electron chi connectivity index (χ3n) is 8.01. The van der Waals surface area contributed by atoms with Crippen molar-refractivity contribution < 1.29 is 33.3 Å². The summed E-state index contributed by atoms with van der Waals surface area (Å²) in [5.74, 6) is -0.741. The van der Waals surface area contributed by atoms with Gasteiger partial charge in [-0.15, -0.1) is 0 Å². The van der Waals surface area contributed by atoms with Gasteiger partial charge in [-0.3, -0.25) is 14.4 Å². The normalized spacial score (nSPS) is 23.9. The highest BCUT2D eigenvalue weighted by molar-refractivity contribution is 6.24. The number of nitrogens with zero attached hydrogens (tertiary/aromatic N) is 2. The van der Waals surface area contributed by atoms with Gasteiger partial charge in [0.25, 0.3) is 0 Å². The van der Waals surface area contributed by atoms with Crippen LogP contribution in [0, 0.1) is 11.8 Å². The number of benzene rings is 3. The molecule has 2 saturated heterocycles. The van der Waals surface area contributed by atoms with Gasteiger partial charge in [0.2, 0.25) is 18.6 Å². The van der Waals surface area contributed by atoms with E-state index < -0.39 is 29.8 Å². The zero-order valence-electron chi connectivity index (χ0n) is 21.2. The lowest BCUT2D eigenvalue weighted by atomic mass is 9.83. The Balaban J connectivity index is 1.35. The van der Waals surface area contributed by atoms with E-state index in [-0.39, 0.29) is 18.5 Å². The number of anilines is 1. The van der Waals surface area contributed by atoms with Crippen LogP contribution in [-0.4, -0.2) is 49.6 Å². The van der Waals surface area contributed by atoms with Crippen LogP contribution in [0.3, 0.4) is 0 Å². The molecule has 9 heteroatoms. The molecular weight excluding hydrogens is 500 g/mol. The average Bonchev–Trinajstić information content (AvgIpc) is 3.64. The second-order valence-electron chi connectivity index (χ2n) is 9.82. The van der Waals surface area contributed by atoms with Crippen molar-refractivity contribution in [3.63, 3.8) is 0 Å². The van der Waals surface area contributed by atoms with Crippen LogP contribution in [-0.2, 0) is 9.59 Å². The molecular formula is C30H24N2O7. The summed E-state index contributed by atoms with van der Waals surface area (Å²) in [7, 11) is 3.02. The number of amides is 2. The summed E-state index contributed by atoms with van der Waals surface area (Å²) in [6, 6.07) is 16.3. The van der Waals surface area contributed by atoms with Gasteiger partial charge in [-0.25, -0.2) is 4.90 Å². The molecule has 7 rings (SSSR count). The number of hydrogen-bond acceptors (Lipinski definition) is 8. The Morgan fingerprint density at radius 1 is 0.872 bits per heavy atom. The molecule has 196 valence electrons. The van der Waals surface area contributed by atoms with E-state index >= 15 is 0 Å². The lowest BCUT2D eigenvalue weighted by Crippen LogP contribution is -2.44. The van der Waals surface area contributed by atoms with E-state index in [1.807, 2.05) is 41.4 Å². The maximum absolute atomic E-state index is 14.2. The quantitative estimate of drug-likeness (QED) is 0.367. The van der Waals surface area contributed by atoms with E-state index in [4.69, 9.17) is 18.9 Å². The molecule has 0 unspecified atom stereocenters. The Labute approximate surface area is 224 Å². The molecule has 0 aromatic heterocycles. The fourth-order valence-electron chi connectivity index (χ4n) is 6.30. The SMILES string of the molecule is COc1ccc(C(=O)[C@@H]2[C@H]3C(=O)N(c4ccc5c(c4)OCO5)C(=O)[C@@H]3[C@H]3c4ccccc4C=CN23)cc1OC. The van der Waals surface area contributed by atoms with E-state index in [1.165, 1.54) is 19.1 Å². The number of rotatable bonds is 5. The summed E-state index contributed by atoms with van der Waals surface area (Å²) in [5.41, 5.74) is 2.63. The second-order valence-corrected chi connectivity index (χ2v) is 9.82. The number of carbonyl (C=O) groups excluding carboxylic acids is 3. The molecule has 4 aliphatic heterocycles. The minimum Gasteiger partial charge on any atom is -0.493 e. The molecule has 2 amide bonds. The molecule has 3 aromatic carbocycles. The first kappa shape index (κ1) is 23.3. The number of Topliss-reactive ketones (excluding diaryl/α,β-unsaturated/α-hetero) is 1. The van der Waals surface area contributed by atoms with E-state index in [0.29, 0.717) is 34.2 Å². The molecule has 0 N–H and O–H groups in total. The van der Waals surface area contributed by atoms with Crippen molar-refractivity contribution in [3.8, 4) is 23.0 Å². The molecule has 4 aliphatic rings. The maximum Gasteiger partial charge on any atom is 0.240 e. The van der Waals surface area contributed by atoms with Crippen LogP contribution >= 0.6 is 0 Å². The number of ketones is 1. The van der Waals surface area contributed by atoms with Crippen LogP contribution in [0.25, 0.3) is 6.08 Å². The smallest absolute Gasteiger partial charge is 0.240 e. The van der Waals surface area contributed by atoms with Gasteiger partial charge in [-0.2, -0.15) is 0 Å². The van der Waals surface area contributed by atoms with Gasteiger partial charge in [0, 0.05) is 17.8 Å². The Kier molecular flexibility index (Phi) is 5.16. The summed E-state index contributed by atoms with van der Waals surface area (Å²) >= 11 is 0. The van der Waals surface area contributed by atoms with Crippen molar-refractivity contribution in [1.82, 2.24) is 4.90 Å². The minimum atomic E-state index is -0.891. The van der Waals surface area contributed by atoms with Crippen LogP contribution in [0.1, 0.15) is 27.5 Å². The highest BCUT2D eigenvalue weighted by atomic mass is 16.7. The summed E-state index contributed by atoms with van der Waals surface area (Å²) in [5, 5.41) is 0. The number of hydrogen-bond donors (Lipinski definition) is 0. The molecule has 4 atom stereocenters. The minimum absolute atomic E-state index is 0.0774. The van der Waals surface area contributed by atoms with Crippen LogP contribution in [0.5, 0.6) is 23.0 Å². The zero-order valence-corrected chi connectivity index (χ0v) is 21.2. The Bertz CT molecular complexity index is 1580. The first-order valence-electron chi connectivity index (χ1n) is 12.6. The van der Waals surface area contributed by atoms with Gasteiger partial charge in [0.15, 0.2) is 28.8 Å². The van der Waals surface area contributed by atoms with Crippen molar-refractivity contribution in [2.45, 2.75) is 12.1 Å². The van der Waals surface area contributed by atoms with Gasteiger partial charge >= 0.3 is 0 Å². The standard InChI is InChI=1S/C30H24N2O7/c1-36-20-9-7-17(13-22(20)37-2)28(33)27-25-24(26-19-6-4-3-5-16(19)11-12-31(26)27)29(34)32(30(25)35)18-8-10-21-23(14-18)39-15-38-21/h3-14,24-27H,15H2,1-2H3/t24-,25-,26+,27-/m0/s1. The van der Waals surface area contributed by atoms with Crippen LogP contribution in [0.2, 0.25) is 0 Å². The summed E-state index contributed by atoms with van der Waals surface area (Å²) in [6.45, 7) is 0.0774. The summed E-state index contributed by atoms with van der Waals surface area (Å²) in [6.07, 6.45) is 3.76. The van der Waals surface area contributed by atoms with E-state index in [2.05, 4.69) is 0 Å². The van der Waals surface area contributed by atoms with Crippen LogP contribution < -0.4 is 23.8 Å². The Hall–Kier alpha value is -4.79. The van der Waals surface area contributed by atoms with Crippen molar-refractivity contribution in [2.24, 2.45) is 11.8 Å². The number of methoxy groups -OCH3 is 2. The number of fused-ring (bicyclic) bond motifs is 6. The first-order chi connectivity index (χ1) is 19.0. The van der Waals surface area contributed by atoms with Crippen molar-refractivity contribution in [3.05, 3.63) is 83.6 Å². The van der Waals surface area contributed by atoms with Gasteiger partial charge in [-0.1, -0.05) is 24.3 Å². The third kappa shape index (κ3) is 3.29. The van der Waals surface area contributed by atoms with Crippen LogP contribution in [0.4, 0.5) is 5.69 Å². The monoisotopic (exact) mass is 524 g/mol. The molecule has 0 radical (unpaired) electrons. The zero-order chi connectivity index (χ0) is 26.8. The molecule has 0 bridgehead atoms. The molecule has 2 fully saturated rings. The predicted octanol–water partition coefficient (Wildman–Crippen LogP) is 3.83. The molecule has 0 aliphatic carbocycles. The van der Waals surface area contributed by atoms with E-state index in [9.17, 15) is 14.4 Å². The highest BCUT2D eigenvalue weighted by Gasteiger charge is 2.64. The first-order valence-corrected chi connectivity index (χ1v) is 12.6. The van der Waals surface area contributed by atoms with Crippen molar-refractivity contribution in [1.29, 1.82) is 0 Å². The number of imide groups is 1. The molecule has 4 heterocycles. The second kappa shape index (κ2) is 8.62. The fraction of sp³-hybridized carbons (Fsp3) is 0.233. The van der Waals surface area contributed by atoms with Crippen molar-refractivity contribution in [2.75, 3.05) is 25.9 Å². The van der Waals surface area contributed by atoms with Gasteiger partial charge < -0.3 is 23.8 Å². The number of carbonyl (C=O) groups is 3.